The van der Waals surface area contributed by atoms with E-state index in [0.29, 0.717) is 26.2 Å². The van der Waals surface area contributed by atoms with Crippen molar-refractivity contribution in [3.05, 3.63) is 0 Å². The predicted molar refractivity (Wildman–Crippen MR) is 75.0 cm³/mol. The van der Waals surface area contributed by atoms with Crippen LogP contribution in [0.2, 0.25) is 0 Å². The summed E-state index contributed by atoms with van der Waals surface area (Å²) in [4.78, 5) is 27.8. The molecule has 2 aliphatic rings. The van der Waals surface area contributed by atoms with Gasteiger partial charge in [-0.15, -0.1) is 0 Å². The highest BCUT2D eigenvalue weighted by Crippen LogP contribution is 2.21. The Morgan fingerprint density at radius 2 is 1.80 bits per heavy atom. The second kappa shape index (κ2) is 7.04. The largest absolute Gasteiger partial charge is 0.372 e. The van der Waals surface area contributed by atoms with Gasteiger partial charge in [0.1, 0.15) is 6.61 Å². The number of likely N-dealkylation sites (tertiary alicyclic amines) is 2. The molecule has 0 saturated carbocycles. The Labute approximate surface area is 120 Å². The minimum absolute atomic E-state index is 0.0287. The van der Waals surface area contributed by atoms with E-state index in [0.717, 1.165) is 25.8 Å². The maximum atomic E-state index is 12.3. The minimum atomic E-state index is 0.0287. The maximum absolute atomic E-state index is 12.3. The van der Waals surface area contributed by atoms with Crippen LogP contribution in [0.4, 0.5) is 0 Å². The Balaban J connectivity index is 1.76. The van der Waals surface area contributed by atoms with Crippen molar-refractivity contribution in [2.75, 3.05) is 39.4 Å². The summed E-state index contributed by atoms with van der Waals surface area (Å²) in [6, 6.07) is 0.131. The number of carbonyl (C=O) groups excluding carboxylic acids is 2. The van der Waals surface area contributed by atoms with Crippen molar-refractivity contribution in [2.24, 2.45) is 11.7 Å². The van der Waals surface area contributed by atoms with E-state index in [1.165, 1.54) is 0 Å². The van der Waals surface area contributed by atoms with Gasteiger partial charge in [-0.05, 0) is 26.2 Å². The molecule has 1 atom stereocenters. The van der Waals surface area contributed by atoms with Crippen LogP contribution in [0.3, 0.4) is 0 Å². The maximum Gasteiger partial charge on any atom is 0.248 e. The number of nitrogens with two attached hydrogens (primary N) is 1. The topological polar surface area (TPSA) is 75.9 Å². The number of rotatable bonds is 4. The molecule has 2 aliphatic heterocycles. The van der Waals surface area contributed by atoms with Crippen LogP contribution in [0, 0.1) is 5.92 Å². The Hall–Kier alpha value is -1.14. The van der Waals surface area contributed by atoms with Gasteiger partial charge in [-0.25, -0.2) is 0 Å². The molecule has 0 aromatic carbocycles. The van der Waals surface area contributed by atoms with E-state index in [2.05, 4.69) is 0 Å². The van der Waals surface area contributed by atoms with Crippen molar-refractivity contribution in [1.82, 2.24) is 9.80 Å². The standard InChI is InChI=1S/C14H25N3O3/c1-2-20-10-13(18)16-6-3-11(4-7-16)14(19)17-8-5-12(15)9-17/h11-12H,2-10,15H2,1H3/t12-/m0/s1. The van der Waals surface area contributed by atoms with Crippen molar-refractivity contribution in [3.63, 3.8) is 0 Å². The summed E-state index contributed by atoms with van der Waals surface area (Å²) in [7, 11) is 0. The van der Waals surface area contributed by atoms with Gasteiger partial charge in [0, 0.05) is 44.7 Å². The van der Waals surface area contributed by atoms with Crippen molar-refractivity contribution < 1.29 is 14.3 Å². The molecule has 114 valence electrons. The highest BCUT2D eigenvalue weighted by molar-refractivity contribution is 5.80. The lowest BCUT2D eigenvalue weighted by atomic mass is 9.95. The molecule has 2 saturated heterocycles. The summed E-state index contributed by atoms with van der Waals surface area (Å²) < 4.78 is 5.14. The van der Waals surface area contributed by atoms with Crippen molar-refractivity contribution >= 4 is 11.8 Å². The molecule has 20 heavy (non-hydrogen) atoms. The van der Waals surface area contributed by atoms with Gasteiger partial charge in [0.25, 0.3) is 0 Å². The highest BCUT2D eigenvalue weighted by Gasteiger charge is 2.32. The second-order valence-corrected chi connectivity index (χ2v) is 5.63. The Morgan fingerprint density at radius 1 is 1.15 bits per heavy atom. The van der Waals surface area contributed by atoms with Gasteiger partial charge in [0.2, 0.25) is 11.8 Å². The van der Waals surface area contributed by atoms with Crippen LogP contribution in [-0.4, -0.2) is 67.0 Å². The molecule has 0 aliphatic carbocycles. The SMILES string of the molecule is CCOCC(=O)N1CCC(C(=O)N2CC[C@H](N)C2)CC1. The first kappa shape index (κ1) is 15.3. The molecule has 2 amide bonds. The fourth-order valence-electron chi connectivity index (χ4n) is 2.90. The van der Waals surface area contributed by atoms with Crippen LogP contribution < -0.4 is 5.73 Å². The molecule has 0 bridgehead atoms. The lowest BCUT2D eigenvalue weighted by molar-refractivity contribution is -0.142. The number of piperidine rings is 1. The molecule has 0 radical (unpaired) electrons. The normalized spacial score (nSPS) is 24.2. The lowest BCUT2D eigenvalue weighted by Gasteiger charge is -2.33. The number of carbonyl (C=O) groups is 2. The van der Waals surface area contributed by atoms with E-state index < -0.39 is 0 Å². The number of hydrogen-bond acceptors (Lipinski definition) is 4. The van der Waals surface area contributed by atoms with Crippen LogP contribution in [-0.2, 0) is 14.3 Å². The molecule has 0 unspecified atom stereocenters. The number of nitrogens with zero attached hydrogens (tertiary/aromatic N) is 2. The first-order chi connectivity index (χ1) is 9.61. The number of hydrogen-bond donors (Lipinski definition) is 1. The van der Waals surface area contributed by atoms with Gasteiger partial charge in [0.15, 0.2) is 0 Å². The van der Waals surface area contributed by atoms with Gasteiger partial charge in [-0.1, -0.05) is 0 Å². The summed E-state index contributed by atoms with van der Waals surface area (Å²) in [6.07, 6.45) is 2.41. The van der Waals surface area contributed by atoms with Crippen LogP contribution in [0.1, 0.15) is 26.2 Å². The summed E-state index contributed by atoms with van der Waals surface area (Å²) in [5.74, 6) is 0.298. The zero-order valence-corrected chi connectivity index (χ0v) is 12.2. The van der Waals surface area contributed by atoms with Crippen LogP contribution >= 0.6 is 0 Å². The zero-order valence-electron chi connectivity index (χ0n) is 12.2. The van der Waals surface area contributed by atoms with Gasteiger partial charge < -0.3 is 20.3 Å². The van der Waals surface area contributed by atoms with Gasteiger partial charge in [-0.2, -0.15) is 0 Å². The van der Waals surface area contributed by atoms with E-state index in [1.54, 1.807) is 4.90 Å². The smallest absolute Gasteiger partial charge is 0.248 e. The molecular formula is C14H25N3O3. The Bertz CT molecular complexity index is 354. The molecule has 6 nitrogen and oxygen atoms in total. The first-order valence-electron chi connectivity index (χ1n) is 7.51. The molecule has 0 spiro atoms. The van der Waals surface area contributed by atoms with Crippen LogP contribution in [0.5, 0.6) is 0 Å². The lowest BCUT2D eigenvalue weighted by Crippen LogP contribution is -2.45. The zero-order chi connectivity index (χ0) is 14.5. The first-order valence-corrected chi connectivity index (χ1v) is 7.51. The van der Waals surface area contributed by atoms with Crippen molar-refractivity contribution in [2.45, 2.75) is 32.2 Å². The summed E-state index contributed by atoms with van der Waals surface area (Å²) >= 11 is 0. The molecule has 6 heteroatoms. The van der Waals surface area contributed by atoms with Crippen LogP contribution in [0.15, 0.2) is 0 Å². The van der Waals surface area contributed by atoms with Crippen LogP contribution in [0.25, 0.3) is 0 Å². The van der Waals surface area contributed by atoms with Gasteiger partial charge in [-0.3, -0.25) is 9.59 Å². The van der Waals surface area contributed by atoms with E-state index in [-0.39, 0.29) is 30.4 Å². The fourth-order valence-corrected chi connectivity index (χ4v) is 2.90. The average Bonchev–Trinajstić information content (AvgIpc) is 2.90. The molecule has 0 aromatic rings. The third kappa shape index (κ3) is 3.70. The van der Waals surface area contributed by atoms with Gasteiger partial charge in [0.05, 0.1) is 0 Å². The fraction of sp³-hybridized carbons (Fsp3) is 0.857. The molecule has 2 fully saturated rings. The van der Waals surface area contributed by atoms with Crippen molar-refractivity contribution in [1.29, 1.82) is 0 Å². The van der Waals surface area contributed by atoms with E-state index >= 15 is 0 Å². The minimum Gasteiger partial charge on any atom is -0.372 e. The van der Waals surface area contributed by atoms with E-state index in [4.69, 9.17) is 10.5 Å². The van der Waals surface area contributed by atoms with Crippen molar-refractivity contribution in [3.8, 4) is 0 Å². The Kier molecular flexibility index (Phi) is 5.37. The average molecular weight is 283 g/mol. The number of ether oxygens (including phenoxy) is 1. The molecule has 0 aromatic heterocycles. The summed E-state index contributed by atoms with van der Waals surface area (Å²) in [5, 5.41) is 0. The number of amides is 2. The molecule has 2 N–H and O–H groups in total. The second-order valence-electron chi connectivity index (χ2n) is 5.63. The third-order valence-corrected chi connectivity index (χ3v) is 4.16. The highest BCUT2D eigenvalue weighted by atomic mass is 16.5. The predicted octanol–water partition coefficient (Wildman–Crippen LogP) is -0.179. The molecule has 2 rings (SSSR count). The molecular weight excluding hydrogens is 258 g/mol. The Morgan fingerprint density at radius 3 is 2.35 bits per heavy atom. The monoisotopic (exact) mass is 283 g/mol. The van der Waals surface area contributed by atoms with E-state index in [1.807, 2.05) is 11.8 Å². The summed E-state index contributed by atoms with van der Waals surface area (Å²) in [5.41, 5.74) is 5.84. The summed E-state index contributed by atoms with van der Waals surface area (Å²) in [6.45, 7) is 5.35. The quantitative estimate of drug-likeness (QED) is 0.776. The van der Waals surface area contributed by atoms with Gasteiger partial charge >= 0.3 is 0 Å². The molecule has 2 heterocycles. The third-order valence-electron chi connectivity index (χ3n) is 4.16. The van der Waals surface area contributed by atoms with E-state index in [9.17, 15) is 9.59 Å².